The molecule has 1 aliphatic carbocycles. The highest BCUT2D eigenvalue weighted by atomic mass is 32.2. The van der Waals surface area contributed by atoms with Gasteiger partial charge in [0.05, 0.1) is 4.90 Å². The van der Waals surface area contributed by atoms with Gasteiger partial charge in [-0.25, -0.2) is 8.42 Å². The van der Waals surface area contributed by atoms with Crippen molar-refractivity contribution in [3.05, 3.63) is 29.8 Å². The lowest BCUT2D eigenvalue weighted by molar-refractivity contribution is 0.0696. The van der Waals surface area contributed by atoms with E-state index in [1.54, 1.807) is 11.9 Å². The van der Waals surface area contributed by atoms with Crippen LogP contribution in [0.1, 0.15) is 42.5 Å². The highest BCUT2D eigenvalue weighted by molar-refractivity contribution is 7.91. The molecule has 4 nitrogen and oxygen atoms in total. The number of hydrogen-bond acceptors (Lipinski definition) is 3. The van der Waals surface area contributed by atoms with Crippen molar-refractivity contribution in [2.45, 2.75) is 48.8 Å². The Kier molecular flexibility index (Phi) is 5.16. The lowest BCUT2D eigenvalue weighted by Crippen LogP contribution is -2.38. The topological polar surface area (TPSA) is 54.5 Å². The number of halogens is 2. The van der Waals surface area contributed by atoms with Crippen molar-refractivity contribution in [1.29, 1.82) is 0 Å². The molecule has 0 heterocycles. The van der Waals surface area contributed by atoms with Crippen LogP contribution >= 0.6 is 0 Å². The SMILES string of the molecule is CN(C(=O)c1ccc(S(=O)(=O)C(F)F)cc1)C1CCCCC1. The molecule has 1 saturated carbocycles. The van der Waals surface area contributed by atoms with Gasteiger partial charge >= 0.3 is 5.76 Å². The van der Waals surface area contributed by atoms with Gasteiger partial charge in [0.2, 0.25) is 9.84 Å². The molecule has 22 heavy (non-hydrogen) atoms. The summed E-state index contributed by atoms with van der Waals surface area (Å²) in [6, 6.07) is 4.88. The van der Waals surface area contributed by atoms with E-state index in [1.807, 2.05) is 0 Å². The molecule has 122 valence electrons. The Morgan fingerprint density at radius 2 is 1.68 bits per heavy atom. The molecule has 0 N–H and O–H groups in total. The largest absolute Gasteiger partial charge is 0.341 e. The van der Waals surface area contributed by atoms with Crippen molar-refractivity contribution in [2.24, 2.45) is 0 Å². The van der Waals surface area contributed by atoms with Gasteiger partial charge in [0, 0.05) is 18.7 Å². The van der Waals surface area contributed by atoms with Crippen molar-refractivity contribution < 1.29 is 22.0 Å². The van der Waals surface area contributed by atoms with Gasteiger partial charge in [-0.15, -0.1) is 0 Å². The van der Waals surface area contributed by atoms with E-state index in [2.05, 4.69) is 0 Å². The average Bonchev–Trinajstić information content (AvgIpc) is 2.54. The summed E-state index contributed by atoms with van der Waals surface area (Å²) in [7, 11) is -2.89. The molecule has 0 aliphatic heterocycles. The summed E-state index contributed by atoms with van der Waals surface area (Å²) < 4.78 is 47.6. The number of amides is 1. The number of sulfone groups is 1. The zero-order valence-electron chi connectivity index (χ0n) is 12.3. The van der Waals surface area contributed by atoms with Gasteiger partial charge in [0.25, 0.3) is 5.91 Å². The standard InChI is InChI=1S/C15H19F2NO3S/c1-18(12-5-3-2-4-6-12)14(19)11-7-9-13(10-8-11)22(20,21)15(16)17/h7-10,12,15H,2-6H2,1H3. The third-order valence-electron chi connectivity index (χ3n) is 4.11. The van der Waals surface area contributed by atoms with Crippen LogP contribution in [0.3, 0.4) is 0 Å². The van der Waals surface area contributed by atoms with Crippen molar-refractivity contribution in [2.75, 3.05) is 7.05 Å². The minimum Gasteiger partial charge on any atom is -0.339 e. The number of nitrogens with zero attached hydrogens (tertiary/aromatic N) is 1. The van der Waals surface area contributed by atoms with Crippen LogP contribution < -0.4 is 0 Å². The molecular weight excluding hydrogens is 312 g/mol. The molecule has 2 rings (SSSR count). The van der Waals surface area contributed by atoms with Crippen molar-refractivity contribution in [1.82, 2.24) is 4.90 Å². The third kappa shape index (κ3) is 3.45. The number of rotatable bonds is 4. The molecule has 0 radical (unpaired) electrons. The number of alkyl halides is 2. The maximum atomic E-state index is 12.5. The van der Waals surface area contributed by atoms with E-state index in [9.17, 15) is 22.0 Å². The van der Waals surface area contributed by atoms with Crippen molar-refractivity contribution in [3.63, 3.8) is 0 Å². The van der Waals surface area contributed by atoms with Gasteiger partial charge in [0.15, 0.2) is 0 Å². The van der Waals surface area contributed by atoms with E-state index in [1.165, 1.54) is 18.6 Å². The maximum Gasteiger partial charge on any atom is 0.341 e. The molecular formula is C15H19F2NO3S. The van der Waals surface area contributed by atoms with Crippen LogP contribution in [-0.2, 0) is 9.84 Å². The monoisotopic (exact) mass is 331 g/mol. The van der Waals surface area contributed by atoms with Gasteiger partial charge < -0.3 is 4.90 Å². The molecule has 0 atom stereocenters. The molecule has 0 unspecified atom stereocenters. The minimum absolute atomic E-state index is 0.186. The molecule has 0 aromatic heterocycles. The van der Waals surface area contributed by atoms with Crippen molar-refractivity contribution >= 4 is 15.7 Å². The number of carbonyl (C=O) groups is 1. The molecule has 7 heteroatoms. The Hall–Kier alpha value is -1.50. The second kappa shape index (κ2) is 6.73. The number of carbonyl (C=O) groups excluding carboxylic acids is 1. The van der Waals surface area contributed by atoms with E-state index in [0.717, 1.165) is 37.8 Å². The normalized spacial score (nSPS) is 16.7. The van der Waals surface area contributed by atoms with Crippen LogP contribution in [-0.4, -0.2) is 38.1 Å². The van der Waals surface area contributed by atoms with Gasteiger partial charge in [-0.3, -0.25) is 4.79 Å². The first-order valence-corrected chi connectivity index (χ1v) is 8.78. The molecule has 1 amide bonds. The fourth-order valence-corrected chi connectivity index (χ4v) is 3.45. The maximum absolute atomic E-state index is 12.5. The fourth-order valence-electron chi connectivity index (χ4n) is 2.73. The minimum atomic E-state index is -4.62. The zero-order valence-corrected chi connectivity index (χ0v) is 13.2. The highest BCUT2D eigenvalue weighted by Crippen LogP contribution is 2.24. The zero-order chi connectivity index (χ0) is 16.3. The first-order chi connectivity index (χ1) is 10.3. The van der Waals surface area contributed by atoms with Gasteiger partial charge in [-0.05, 0) is 37.1 Å². The summed E-state index contributed by atoms with van der Waals surface area (Å²) in [5.74, 6) is -3.67. The summed E-state index contributed by atoms with van der Waals surface area (Å²) >= 11 is 0. The number of hydrogen-bond donors (Lipinski definition) is 0. The predicted octanol–water partition coefficient (Wildman–Crippen LogP) is 3.09. The first kappa shape index (κ1) is 16.9. The Morgan fingerprint density at radius 1 is 1.14 bits per heavy atom. The quantitative estimate of drug-likeness (QED) is 0.852. The van der Waals surface area contributed by atoms with Crippen LogP contribution in [0, 0.1) is 0 Å². The first-order valence-electron chi connectivity index (χ1n) is 7.23. The number of benzene rings is 1. The van der Waals surface area contributed by atoms with Crippen LogP contribution in [0.15, 0.2) is 29.2 Å². The van der Waals surface area contributed by atoms with E-state index >= 15 is 0 Å². The summed E-state index contributed by atoms with van der Waals surface area (Å²) in [5, 5.41) is 0. The molecule has 0 saturated heterocycles. The van der Waals surface area contributed by atoms with E-state index in [-0.39, 0.29) is 11.9 Å². The fraction of sp³-hybridized carbons (Fsp3) is 0.533. The Morgan fingerprint density at radius 3 is 2.18 bits per heavy atom. The van der Waals surface area contributed by atoms with Gasteiger partial charge in [-0.1, -0.05) is 19.3 Å². The molecule has 0 bridgehead atoms. The Balaban J connectivity index is 2.14. The van der Waals surface area contributed by atoms with Crippen LogP contribution in [0.5, 0.6) is 0 Å². The summed E-state index contributed by atoms with van der Waals surface area (Å²) in [5.41, 5.74) is 0.307. The average molecular weight is 331 g/mol. The van der Waals surface area contributed by atoms with Gasteiger partial charge in [-0.2, -0.15) is 8.78 Å². The van der Waals surface area contributed by atoms with Crippen molar-refractivity contribution in [3.8, 4) is 0 Å². The molecule has 0 spiro atoms. The molecule has 1 fully saturated rings. The highest BCUT2D eigenvalue weighted by Gasteiger charge is 2.27. The van der Waals surface area contributed by atoms with E-state index in [0.29, 0.717) is 5.56 Å². The molecule has 1 aromatic rings. The molecule has 1 aromatic carbocycles. The lowest BCUT2D eigenvalue weighted by atomic mass is 9.94. The Bertz CT molecular complexity index is 623. The summed E-state index contributed by atoms with van der Waals surface area (Å²) in [6.45, 7) is 0. The Labute approximate surface area is 129 Å². The smallest absolute Gasteiger partial charge is 0.339 e. The van der Waals surface area contributed by atoms with Gasteiger partial charge in [0.1, 0.15) is 0 Å². The second-order valence-electron chi connectivity index (χ2n) is 5.54. The summed E-state index contributed by atoms with van der Waals surface area (Å²) in [6.07, 6.45) is 5.28. The van der Waals surface area contributed by atoms with Crippen LogP contribution in [0.2, 0.25) is 0 Å². The predicted molar refractivity (Wildman–Crippen MR) is 78.6 cm³/mol. The molecule has 1 aliphatic rings. The van der Waals surface area contributed by atoms with Crippen LogP contribution in [0.25, 0.3) is 0 Å². The van der Waals surface area contributed by atoms with E-state index < -0.39 is 20.5 Å². The second-order valence-corrected chi connectivity index (χ2v) is 7.46. The van der Waals surface area contributed by atoms with E-state index in [4.69, 9.17) is 0 Å². The van der Waals surface area contributed by atoms with Crippen LogP contribution in [0.4, 0.5) is 8.78 Å². The lowest BCUT2D eigenvalue weighted by Gasteiger charge is -2.31. The third-order valence-corrected chi connectivity index (χ3v) is 5.51. The summed E-state index contributed by atoms with van der Waals surface area (Å²) in [4.78, 5) is 13.6.